The van der Waals surface area contributed by atoms with E-state index in [9.17, 15) is 45.5 Å². The standard InChI is InChI=1S/C26H32F3N5O3.C22H30F3N3O3/c1-16-9-22(34-15-33-16)23(36)13-18-11-19(26(27,28)29)10-17(25(18)37-21-7-8-32-14-21)12-20(35)5-3-2-4-6-24(30)31;1-14(29)9-15-10-17(22(23,24)25)11-16(21(15)31-19-7-8-28-13-19)12-18(30)5-3-2-4-6-20(26)27/h9-11,15,21,32H,2-8,12-14H2,1H3,(H3,30,31);10-11,19,28H,2-9,12-13H2,1H3,(H3,26,27)/t21-;19-/m11/s1. The van der Waals surface area contributed by atoms with Crippen LogP contribution in [0.25, 0.3) is 0 Å². The number of nitrogens with one attached hydrogen (secondary N) is 4. The molecular weight excluding hydrogens is 899 g/mol. The van der Waals surface area contributed by atoms with E-state index in [2.05, 4.69) is 20.6 Å². The number of rotatable bonds is 25. The molecule has 0 radical (unpaired) electrons. The van der Waals surface area contributed by atoms with Crippen molar-refractivity contribution in [3.8, 4) is 11.5 Å². The number of ether oxygens (including phenoxy) is 2. The smallest absolute Gasteiger partial charge is 0.416 e. The van der Waals surface area contributed by atoms with Gasteiger partial charge in [0.2, 0.25) is 0 Å². The first-order valence-electron chi connectivity index (χ1n) is 22.8. The normalized spacial score (nSPS) is 15.9. The molecule has 372 valence electrons. The zero-order chi connectivity index (χ0) is 50.0. The Morgan fingerprint density at radius 1 is 0.632 bits per heavy atom. The van der Waals surface area contributed by atoms with Gasteiger partial charge in [-0.1, -0.05) is 12.8 Å². The molecule has 0 amide bonds. The van der Waals surface area contributed by atoms with Gasteiger partial charge in [0, 0.05) is 92.4 Å². The van der Waals surface area contributed by atoms with Crippen LogP contribution >= 0.6 is 0 Å². The quantitative estimate of drug-likeness (QED) is 0.0159. The first kappa shape index (κ1) is 54.8. The molecule has 2 aliphatic heterocycles. The second kappa shape index (κ2) is 26.1. The molecule has 0 aliphatic carbocycles. The van der Waals surface area contributed by atoms with E-state index in [1.165, 1.54) is 19.3 Å². The summed E-state index contributed by atoms with van der Waals surface area (Å²) in [6.45, 7) is 5.52. The molecule has 14 nitrogen and oxygen atoms in total. The Labute approximate surface area is 392 Å². The molecule has 0 bridgehead atoms. The molecular formula is C48H62F6N8O6. The summed E-state index contributed by atoms with van der Waals surface area (Å²) >= 11 is 0. The molecule has 20 heteroatoms. The minimum Gasteiger partial charge on any atom is -0.488 e. The lowest BCUT2D eigenvalue weighted by molar-refractivity contribution is -0.138. The molecule has 3 heterocycles. The average molecular weight is 961 g/mol. The molecule has 2 atom stereocenters. The molecule has 2 aliphatic rings. The van der Waals surface area contributed by atoms with Crippen LogP contribution in [0.2, 0.25) is 0 Å². The Hall–Kier alpha value is -5.76. The summed E-state index contributed by atoms with van der Waals surface area (Å²) in [4.78, 5) is 57.9. The number of nitrogens with two attached hydrogens (primary N) is 2. The number of alkyl halides is 6. The molecule has 0 unspecified atom stereocenters. The molecule has 0 saturated carbocycles. The van der Waals surface area contributed by atoms with Crippen molar-refractivity contribution >= 4 is 34.8 Å². The number of benzene rings is 2. The van der Waals surface area contributed by atoms with Gasteiger partial charge in [0.25, 0.3) is 0 Å². The fraction of sp³-hybridized carbons (Fsp3) is 0.542. The van der Waals surface area contributed by atoms with Crippen LogP contribution in [-0.2, 0) is 52.4 Å². The van der Waals surface area contributed by atoms with Gasteiger partial charge in [0.1, 0.15) is 53.1 Å². The van der Waals surface area contributed by atoms with E-state index >= 15 is 0 Å². The van der Waals surface area contributed by atoms with Crippen molar-refractivity contribution in [1.82, 2.24) is 20.6 Å². The van der Waals surface area contributed by atoms with Crippen LogP contribution in [0, 0.1) is 17.7 Å². The number of aromatic nitrogens is 2. The fourth-order valence-corrected chi connectivity index (χ4v) is 7.82. The van der Waals surface area contributed by atoms with E-state index in [-0.39, 0.29) is 119 Å². The Bertz CT molecular complexity index is 2240. The third kappa shape index (κ3) is 18.7. The maximum Gasteiger partial charge on any atom is 0.416 e. The lowest BCUT2D eigenvalue weighted by atomic mass is 9.94. The largest absolute Gasteiger partial charge is 0.488 e. The fourth-order valence-electron chi connectivity index (χ4n) is 7.82. The molecule has 2 saturated heterocycles. The Balaban J connectivity index is 0.000000301. The van der Waals surface area contributed by atoms with Gasteiger partial charge in [-0.3, -0.25) is 30.0 Å². The number of carbonyl (C=O) groups is 4. The highest BCUT2D eigenvalue weighted by Crippen LogP contribution is 2.39. The number of hydrogen-bond acceptors (Lipinski definition) is 12. The van der Waals surface area contributed by atoms with Crippen molar-refractivity contribution < 1.29 is 55.0 Å². The number of carbonyl (C=O) groups excluding carboxylic acids is 4. The number of hydrogen-bond donors (Lipinski definition) is 6. The van der Waals surface area contributed by atoms with Crippen molar-refractivity contribution in [2.24, 2.45) is 11.5 Å². The predicted octanol–water partition coefficient (Wildman–Crippen LogP) is 7.54. The molecule has 2 fully saturated rings. The van der Waals surface area contributed by atoms with Crippen LogP contribution in [0.4, 0.5) is 26.3 Å². The molecule has 1 aromatic heterocycles. The predicted molar refractivity (Wildman–Crippen MR) is 243 cm³/mol. The molecule has 68 heavy (non-hydrogen) atoms. The second-order valence-corrected chi connectivity index (χ2v) is 17.3. The van der Waals surface area contributed by atoms with Crippen molar-refractivity contribution in [2.75, 3.05) is 26.2 Å². The van der Waals surface area contributed by atoms with Gasteiger partial charge in [0.05, 0.1) is 22.8 Å². The minimum absolute atomic E-state index is 0.0762. The number of halogens is 6. The summed E-state index contributed by atoms with van der Waals surface area (Å²) in [7, 11) is 0. The van der Waals surface area contributed by atoms with Gasteiger partial charge in [-0.2, -0.15) is 26.3 Å². The topological polar surface area (TPSA) is 236 Å². The van der Waals surface area contributed by atoms with E-state index < -0.39 is 29.3 Å². The van der Waals surface area contributed by atoms with Gasteiger partial charge >= 0.3 is 12.4 Å². The maximum absolute atomic E-state index is 13.8. The van der Waals surface area contributed by atoms with E-state index in [0.717, 1.165) is 30.8 Å². The summed E-state index contributed by atoms with van der Waals surface area (Å²) in [6.07, 6.45) is -2.95. The average Bonchev–Trinajstić information content (AvgIpc) is 3.97. The third-order valence-corrected chi connectivity index (χ3v) is 11.2. The second-order valence-electron chi connectivity index (χ2n) is 17.3. The summed E-state index contributed by atoms with van der Waals surface area (Å²) in [5.41, 5.74) is 10.0. The van der Waals surface area contributed by atoms with Crippen LogP contribution < -0.4 is 31.6 Å². The molecule has 5 rings (SSSR count). The van der Waals surface area contributed by atoms with Gasteiger partial charge < -0.3 is 31.6 Å². The summed E-state index contributed by atoms with van der Waals surface area (Å²) in [5, 5.41) is 20.7. The molecule has 2 aromatic carbocycles. The van der Waals surface area contributed by atoms with Crippen molar-refractivity contribution in [2.45, 2.75) is 141 Å². The van der Waals surface area contributed by atoms with Crippen LogP contribution in [0.15, 0.2) is 36.7 Å². The molecule has 8 N–H and O–H groups in total. The zero-order valence-electron chi connectivity index (χ0n) is 38.5. The highest BCUT2D eigenvalue weighted by atomic mass is 19.4. The Morgan fingerprint density at radius 3 is 1.41 bits per heavy atom. The van der Waals surface area contributed by atoms with Crippen molar-refractivity contribution in [3.05, 3.63) is 81.4 Å². The summed E-state index contributed by atoms with van der Waals surface area (Å²) < 4.78 is 94.0. The number of nitrogens with zero attached hydrogens (tertiary/aromatic N) is 2. The van der Waals surface area contributed by atoms with E-state index in [4.69, 9.17) is 31.8 Å². The zero-order valence-corrected chi connectivity index (χ0v) is 38.5. The third-order valence-electron chi connectivity index (χ3n) is 11.2. The van der Waals surface area contributed by atoms with E-state index in [1.54, 1.807) is 6.92 Å². The van der Waals surface area contributed by atoms with E-state index in [0.29, 0.717) is 89.5 Å². The van der Waals surface area contributed by atoms with Gasteiger partial charge in [-0.05, 0) is 95.8 Å². The van der Waals surface area contributed by atoms with Gasteiger partial charge in [-0.15, -0.1) is 0 Å². The number of Topliss-reactive ketones (excluding diaryl/α,β-unsaturated/α-hetero) is 4. The monoisotopic (exact) mass is 960 g/mol. The van der Waals surface area contributed by atoms with E-state index in [1.807, 2.05) is 0 Å². The van der Waals surface area contributed by atoms with Crippen LogP contribution in [-0.4, -0.2) is 83.2 Å². The van der Waals surface area contributed by atoms with Crippen LogP contribution in [0.1, 0.15) is 134 Å². The maximum atomic E-state index is 13.8. The number of aryl methyl sites for hydroxylation is 1. The summed E-state index contributed by atoms with van der Waals surface area (Å²) in [5.74, 6) is -0.606. The molecule has 0 spiro atoms. The Morgan fingerprint density at radius 2 is 1.04 bits per heavy atom. The SMILES string of the molecule is CC(=O)Cc1cc(C(F)(F)F)cc(CC(=O)CCCCCC(=N)N)c1O[C@@H]1CCNC1.Cc1cc(C(=O)Cc2cc(C(F)(F)F)cc(CC(=O)CCCCCC(=N)N)c2O[C@@H]2CCNC2)ncn1. The lowest BCUT2D eigenvalue weighted by Gasteiger charge is -2.21. The van der Waals surface area contributed by atoms with Crippen LogP contribution in [0.3, 0.4) is 0 Å². The van der Waals surface area contributed by atoms with Crippen molar-refractivity contribution in [1.29, 1.82) is 10.8 Å². The number of amidine groups is 2. The van der Waals surface area contributed by atoms with Gasteiger partial charge in [0.15, 0.2) is 5.78 Å². The number of ketones is 4. The number of unbranched alkanes of at least 4 members (excludes halogenated alkanes) is 4. The molecule has 3 aromatic rings. The first-order valence-corrected chi connectivity index (χ1v) is 22.8. The highest BCUT2D eigenvalue weighted by molar-refractivity contribution is 5.96. The highest BCUT2D eigenvalue weighted by Gasteiger charge is 2.35. The first-order chi connectivity index (χ1) is 32.1. The minimum atomic E-state index is -4.67. The lowest BCUT2D eigenvalue weighted by Crippen LogP contribution is -2.22. The van der Waals surface area contributed by atoms with Crippen molar-refractivity contribution in [3.63, 3.8) is 0 Å². The Kier molecular flexibility index (Phi) is 21.1. The summed E-state index contributed by atoms with van der Waals surface area (Å²) in [6, 6.07) is 5.28. The van der Waals surface area contributed by atoms with Gasteiger partial charge in [-0.25, -0.2) is 9.97 Å². The van der Waals surface area contributed by atoms with Crippen LogP contribution in [0.5, 0.6) is 11.5 Å².